The quantitative estimate of drug-likeness (QED) is 0.420. The SMILES string of the molecule is CCCCCCCC(=O)Nc1nc(N)nc(NC(=O)CCCCCCC)n1. The van der Waals surface area contributed by atoms with Crippen LogP contribution in [0.1, 0.15) is 90.9 Å². The number of anilines is 3. The van der Waals surface area contributed by atoms with E-state index in [1.807, 2.05) is 0 Å². The molecule has 27 heavy (non-hydrogen) atoms. The molecule has 0 atom stereocenters. The van der Waals surface area contributed by atoms with Crippen LogP contribution < -0.4 is 16.4 Å². The average molecular weight is 379 g/mol. The van der Waals surface area contributed by atoms with E-state index < -0.39 is 0 Å². The molecule has 0 fully saturated rings. The Kier molecular flexibility index (Phi) is 11.7. The summed E-state index contributed by atoms with van der Waals surface area (Å²) in [6, 6.07) is 0. The summed E-state index contributed by atoms with van der Waals surface area (Å²) in [5, 5.41) is 5.24. The zero-order valence-electron chi connectivity index (χ0n) is 16.7. The van der Waals surface area contributed by atoms with Crippen LogP contribution in [0.5, 0.6) is 0 Å². The largest absolute Gasteiger partial charge is 0.368 e. The highest BCUT2D eigenvalue weighted by Gasteiger charge is 2.10. The van der Waals surface area contributed by atoms with Crippen LogP contribution in [0.15, 0.2) is 0 Å². The Bertz CT molecular complexity index is 533. The van der Waals surface area contributed by atoms with Gasteiger partial charge in [-0.2, -0.15) is 15.0 Å². The molecule has 0 bridgehead atoms. The molecule has 4 N–H and O–H groups in total. The van der Waals surface area contributed by atoms with E-state index in [9.17, 15) is 9.59 Å². The molecule has 0 saturated heterocycles. The minimum absolute atomic E-state index is 0.0403. The van der Waals surface area contributed by atoms with Crippen LogP contribution in [0.2, 0.25) is 0 Å². The second-order valence-electron chi connectivity index (χ2n) is 6.77. The summed E-state index contributed by atoms with van der Waals surface area (Å²) in [5.41, 5.74) is 5.66. The van der Waals surface area contributed by atoms with Gasteiger partial charge in [0.25, 0.3) is 0 Å². The summed E-state index contributed by atoms with van der Waals surface area (Å²) in [5.74, 6) is -0.226. The third kappa shape index (κ3) is 11.1. The third-order valence-electron chi connectivity index (χ3n) is 4.17. The van der Waals surface area contributed by atoms with Crippen molar-refractivity contribution in [2.24, 2.45) is 0 Å². The molecule has 0 unspecified atom stereocenters. The average Bonchev–Trinajstić information content (AvgIpc) is 2.60. The Morgan fingerprint density at radius 1 is 0.704 bits per heavy atom. The fourth-order valence-corrected chi connectivity index (χ4v) is 2.66. The van der Waals surface area contributed by atoms with E-state index in [0.717, 1.165) is 38.5 Å². The Morgan fingerprint density at radius 3 is 1.52 bits per heavy atom. The first kappa shape index (κ1) is 22.8. The second-order valence-corrected chi connectivity index (χ2v) is 6.77. The molecule has 1 aromatic rings. The molecule has 2 amide bonds. The highest BCUT2D eigenvalue weighted by Crippen LogP contribution is 2.11. The van der Waals surface area contributed by atoms with E-state index in [1.54, 1.807) is 0 Å². The predicted molar refractivity (Wildman–Crippen MR) is 108 cm³/mol. The molecule has 0 radical (unpaired) electrons. The van der Waals surface area contributed by atoms with Gasteiger partial charge >= 0.3 is 0 Å². The van der Waals surface area contributed by atoms with Crippen LogP contribution in [0.25, 0.3) is 0 Å². The molecular weight excluding hydrogens is 344 g/mol. The fraction of sp³-hybridized carbons (Fsp3) is 0.737. The summed E-state index contributed by atoms with van der Waals surface area (Å²) in [7, 11) is 0. The van der Waals surface area contributed by atoms with Crippen LogP contribution in [0.4, 0.5) is 17.8 Å². The number of nitrogens with two attached hydrogens (primary N) is 1. The van der Waals surface area contributed by atoms with Crippen molar-refractivity contribution in [3.05, 3.63) is 0 Å². The highest BCUT2D eigenvalue weighted by molar-refractivity contribution is 5.90. The Balaban J connectivity index is 2.42. The van der Waals surface area contributed by atoms with E-state index >= 15 is 0 Å². The molecule has 0 saturated carbocycles. The van der Waals surface area contributed by atoms with Crippen LogP contribution in [0, 0.1) is 0 Å². The Labute approximate surface area is 162 Å². The number of unbranched alkanes of at least 4 members (excludes halogenated alkanes) is 8. The van der Waals surface area contributed by atoms with Gasteiger partial charge in [0.1, 0.15) is 0 Å². The maximum atomic E-state index is 12.0. The molecule has 0 aliphatic rings. The van der Waals surface area contributed by atoms with Gasteiger partial charge in [-0.3, -0.25) is 20.2 Å². The Morgan fingerprint density at radius 2 is 1.11 bits per heavy atom. The summed E-state index contributed by atoms with van der Waals surface area (Å²) in [6.07, 6.45) is 11.5. The number of nitrogen functional groups attached to an aromatic ring is 1. The summed E-state index contributed by atoms with van der Waals surface area (Å²) >= 11 is 0. The van der Waals surface area contributed by atoms with Gasteiger partial charge in [-0.05, 0) is 12.8 Å². The van der Waals surface area contributed by atoms with Crippen molar-refractivity contribution in [1.29, 1.82) is 0 Å². The summed E-state index contributed by atoms with van der Waals surface area (Å²) < 4.78 is 0. The first-order chi connectivity index (χ1) is 13.0. The molecule has 0 spiro atoms. The number of rotatable bonds is 14. The van der Waals surface area contributed by atoms with Crippen LogP contribution in [-0.2, 0) is 9.59 Å². The van der Waals surface area contributed by atoms with Crippen LogP contribution in [0.3, 0.4) is 0 Å². The van der Waals surface area contributed by atoms with Gasteiger partial charge in [-0.15, -0.1) is 0 Å². The number of nitrogens with one attached hydrogen (secondary N) is 2. The lowest BCUT2D eigenvalue weighted by atomic mass is 10.1. The molecule has 1 rings (SSSR count). The number of nitrogens with zero attached hydrogens (tertiary/aromatic N) is 3. The van der Waals surface area contributed by atoms with Gasteiger partial charge in [0.05, 0.1) is 0 Å². The van der Waals surface area contributed by atoms with Crippen molar-refractivity contribution in [2.75, 3.05) is 16.4 Å². The van der Waals surface area contributed by atoms with Gasteiger partial charge < -0.3 is 5.73 Å². The van der Waals surface area contributed by atoms with Crippen molar-refractivity contribution in [2.45, 2.75) is 90.9 Å². The summed E-state index contributed by atoms with van der Waals surface area (Å²) in [6.45, 7) is 4.31. The number of hydrogen-bond acceptors (Lipinski definition) is 6. The minimum Gasteiger partial charge on any atom is -0.368 e. The van der Waals surface area contributed by atoms with Crippen molar-refractivity contribution >= 4 is 29.7 Å². The van der Waals surface area contributed by atoms with E-state index in [2.05, 4.69) is 39.4 Å². The molecule has 0 aliphatic heterocycles. The number of hydrogen-bond donors (Lipinski definition) is 3. The topological polar surface area (TPSA) is 123 Å². The van der Waals surface area contributed by atoms with Crippen molar-refractivity contribution in [1.82, 2.24) is 15.0 Å². The molecule has 8 nitrogen and oxygen atoms in total. The van der Waals surface area contributed by atoms with Gasteiger partial charge in [-0.25, -0.2) is 0 Å². The standard InChI is InChI=1S/C19H34N6O2/c1-3-5-7-9-11-13-15(26)21-18-23-17(20)24-19(25-18)22-16(27)14-12-10-8-6-4-2/h3-14H2,1-2H3,(H4,20,21,22,23,24,25,26,27). The number of amides is 2. The number of aromatic nitrogens is 3. The maximum Gasteiger partial charge on any atom is 0.236 e. The van der Waals surface area contributed by atoms with Crippen molar-refractivity contribution < 1.29 is 9.59 Å². The molecule has 152 valence electrons. The molecule has 1 heterocycles. The van der Waals surface area contributed by atoms with Crippen LogP contribution in [-0.4, -0.2) is 26.8 Å². The number of carbonyl (C=O) groups excluding carboxylic acids is 2. The maximum absolute atomic E-state index is 12.0. The first-order valence-electron chi connectivity index (χ1n) is 10.2. The molecule has 1 aromatic heterocycles. The monoisotopic (exact) mass is 378 g/mol. The third-order valence-corrected chi connectivity index (χ3v) is 4.17. The van der Waals surface area contributed by atoms with Gasteiger partial charge in [0.15, 0.2) is 0 Å². The highest BCUT2D eigenvalue weighted by atomic mass is 16.2. The fourth-order valence-electron chi connectivity index (χ4n) is 2.66. The number of carbonyl (C=O) groups is 2. The normalized spacial score (nSPS) is 10.6. The Hall–Kier alpha value is -2.25. The minimum atomic E-state index is -0.162. The van der Waals surface area contributed by atoms with Gasteiger partial charge in [0, 0.05) is 12.8 Å². The lowest BCUT2D eigenvalue weighted by molar-refractivity contribution is -0.117. The van der Waals surface area contributed by atoms with E-state index in [-0.39, 0.29) is 29.7 Å². The summed E-state index contributed by atoms with van der Waals surface area (Å²) in [4.78, 5) is 35.8. The molecule has 8 heteroatoms. The van der Waals surface area contributed by atoms with Crippen molar-refractivity contribution in [3.63, 3.8) is 0 Å². The zero-order valence-corrected chi connectivity index (χ0v) is 16.7. The van der Waals surface area contributed by atoms with Crippen molar-refractivity contribution in [3.8, 4) is 0 Å². The van der Waals surface area contributed by atoms with Gasteiger partial charge in [-0.1, -0.05) is 65.2 Å². The zero-order chi connectivity index (χ0) is 19.9. The molecule has 0 aliphatic carbocycles. The van der Waals surface area contributed by atoms with E-state index in [4.69, 9.17) is 5.73 Å². The molecule has 0 aromatic carbocycles. The van der Waals surface area contributed by atoms with E-state index in [1.165, 1.54) is 25.7 Å². The smallest absolute Gasteiger partial charge is 0.236 e. The van der Waals surface area contributed by atoms with E-state index in [0.29, 0.717) is 12.8 Å². The molecular formula is C19H34N6O2. The second kappa shape index (κ2) is 13.9. The lowest BCUT2D eigenvalue weighted by Crippen LogP contribution is -2.18. The first-order valence-corrected chi connectivity index (χ1v) is 10.2. The predicted octanol–water partition coefficient (Wildman–Crippen LogP) is 4.05. The van der Waals surface area contributed by atoms with Gasteiger partial charge in [0.2, 0.25) is 29.7 Å². The lowest BCUT2D eigenvalue weighted by Gasteiger charge is -2.08. The van der Waals surface area contributed by atoms with Crippen LogP contribution >= 0.6 is 0 Å².